The van der Waals surface area contributed by atoms with Crippen LogP contribution >= 0.6 is 0 Å². The van der Waals surface area contributed by atoms with Crippen LogP contribution in [0.2, 0.25) is 0 Å². The molecular weight excluding hydrogens is 288 g/mol. The molecule has 0 aromatic carbocycles. The Labute approximate surface area is 127 Å². The molecule has 1 fully saturated rings. The van der Waals surface area contributed by atoms with Gasteiger partial charge in [0.05, 0.1) is 11.4 Å². The van der Waals surface area contributed by atoms with Crippen molar-refractivity contribution in [3.05, 3.63) is 11.4 Å². The molecular formula is C14H26N4O2S. The molecule has 0 unspecified atom stereocenters. The third-order valence-electron chi connectivity index (χ3n) is 3.65. The predicted octanol–water partition coefficient (Wildman–Crippen LogP) is 1.78. The summed E-state index contributed by atoms with van der Waals surface area (Å²) >= 11 is 0. The van der Waals surface area contributed by atoms with E-state index >= 15 is 0 Å². The van der Waals surface area contributed by atoms with Crippen molar-refractivity contribution < 1.29 is 8.42 Å². The summed E-state index contributed by atoms with van der Waals surface area (Å²) in [6.45, 7) is 7.79. The van der Waals surface area contributed by atoms with Crippen LogP contribution in [0.3, 0.4) is 0 Å². The molecule has 1 aliphatic carbocycles. The zero-order chi connectivity index (χ0) is 15.5. The highest BCUT2D eigenvalue weighted by molar-refractivity contribution is 7.89. The first-order chi connectivity index (χ1) is 10.0. The fraction of sp³-hybridized carbons (Fsp3) is 0.786. The molecule has 0 radical (unpaired) electrons. The van der Waals surface area contributed by atoms with E-state index in [1.54, 1.807) is 11.2 Å². The standard InChI is InChI=1S/C14H26N4O2S/c1-4-8-15-10-13-14(11(3)16-17-13)21(19,20)18(9-5-2)12-6-7-12/h12,15H,4-10H2,1-3H3,(H,16,17). The minimum Gasteiger partial charge on any atom is -0.311 e. The molecule has 6 nitrogen and oxygen atoms in total. The van der Waals surface area contributed by atoms with Crippen molar-refractivity contribution in [3.63, 3.8) is 0 Å². The summed E-state index contributed by atoms with van der Waals surface area (Å²) in [6.07, 6.45) is 3.78. The maximum Gasteiger partial charge on any atom is 0.247 e. The first-order valence-electron chi connectivity index (χ1n) is 7.78. The molecule has 0 atom stereocenters. The van der Waals surface area contributed by atoms with Crippen molar-refractivity contribution in [3.8, 4) is 0 Å². The van der Waals surface area contributed by atoms with Crippen LogP contribution in [0, 0.1) is 6.92 Å². The second kappa shape index (κ2) is 6.89. The Morgan fingerprint density at radius 2 is 2.05 bits per heavy atom. The highest BCUT2D eigenvalue weighted by atomic mass is 32.2. The topological polar surface area (TPSA) is 78.1 Å². The number of aromatic amines is 1. The lowest BCUT2D eigenvalue weighted by Crippen LogP contribution is -2.35. The predicted molar refractivity (Wildman–Crippen MR) is 82.5 cm³/mol. The smallest absolute Gasteiger partial charge is 0.247 e. The van der Waals surface area contributed by atoms with Crippen LogP contribution < -0.4 is 5.32 Å². The number of nitrogens with zero attached hydrogens (tertiary/aromatic N) is 2. The van der Waals surface area contributed by atoms with Gasteiger partial charge in [-0.25, -0.2) is 8.42 Å². The molecule has 0 bridgehead atoms. The number of rotatable bonds is 9. The van der Waals surface area contributed by atoms with Gasteiger partial charge in [-0.05, 0) is 39.2 Å². The molecule has 1 saturated carbocycles. The Morgan fingerprint density at radius 3 is 2.62 bits per heavy atom. The summed E-state index contributed by atoms with van der Waals surface area (Å²) < 4.78 is 27.6. The number of nitrogens with one attached hydrogen (secondary N) is 2. The molecule has 0 amide bonds. The van der Waals surface area contributed by atoms with Gasteiger partial charge in [0, 0.05) is 19.1 Å². The maximum atomic E-state index is 13.0. The Balaban J connectivity index is 2.27. The van der Waals surface area contributed by atoms with Gasteiger partial charge in [-0.1, -0.05) is 13.8 Å². The molecule has 2 rings (SSSR count). The Bertz CT molecular complexity index is 564. The number of hydrogen-bond donors (Lipinski definition) is 2. The van der Waals surface area contributed by atoms with Gasteiger partial charge < -0.3 is 5.32 Å². The van der Waals surface area contributed by atoms with E-state index in [1.807, 2.05) is 6.92 Å². The SMILES string of the molecule is CCCNCc1n[nH]c(C)c1S(=O)(=O)N(CCC)C1CC1. The van der Waals surface area contributed by atoms with Gasteiger partial charge in [0.15, 0.2) is 0 Å². The van der Waals surface area contributed by atoms with Crippen LogP contribution in [-0.2, 0) is 16.6 Å². The van der Waals surface area contributed by atoms with Crippen LogP contribution in [0.15, 0.2) is 4.90 Å². The second-order valence-electron chi connectivity index (χ2n) is 5.65. The molecule has 1 aliphatic rings. The second-order valence-corrected chi connectivity index (χ2v) is 7.48. The van der Waals surface area contributed by atoms with E-state index in [2.05, 4.69) is 22.4 Å². The van der Waals surface area contributed by atoms with Crippen molar-refractivity contribution in [1.82, 2.24) is 19.8 Å². The average Bonchev–Trinajstić information content (AvgIpc) is 3.19. The van der Waals surface area contributed by atoms with Gasteiger partial charge in [0.2, 0.25) is 10.0 Å². The van der Waals surface area contributed by atoms with Gasteiger partial charge in [-0.3, -0.25) is 5.10 Å². The number of H-pyrrole nitrogens is 1. The minimum atomic E-state index is -3.46. The van der Waals surface area contributed by atoms with E-state index in [0.29, 0.717) is 29.4 Å². The molecule has 7 heteroatoms. The average molecular weight is 314 g/mol. The van der Waals surface area contributed by atoms with Crippen molar-refractivity contribution >= 4 is 10.0 Å². The lowest BCUT2D eigenvalue weighted by Gasteiger charge is -2.21. The summed E-state index contributed by atoms with van der Waals surface area (Å²) in [5.41, 5.74) is 1.23. The van der Waals surface area contributed by atoms with E-state index in [4.69, 9.17) is 0 Å². The van der Waals surface area contributed by atoms with E-state index < -0.39 is 10.0 Å². The molecule has 1 aromatic rings. The number of hydrogen-bond acceptors (Lipinski definition) is 4. The lowest BCUT2D eigenvalue weighted by molar-refractivity contribution is 0.402. The van der Waals surface area contributed by atoms with E-state index in [-0.39, 0.29) is 6.04 Å². The van der Waals surface area contributed by atoms with Crippen LogP contribution in [0.25, 0.3) is 0 Å². The lowest BCUT2D eigenvalue weighted by atomic mass is 10.3. The largest absolute Gasteiger partial charge is 0.311 e. The zero-order valence-electron chi connectivity index (χ0n) is 13.1. The third-order valence-corrected chi connectivity index (χ3v) is 5.80. The van der Waals surface area contributed by atoms with E-state index in [0.717, 1.165) is 32.2 Å². The molecule has 1 aromatic heterocycles. The molecule has 2 N–H and O–H groups in total. The molecule has 21 heavy (non-hydrogen) atoms. The van der Waals surface area contributed by atoms with Crippen molar-refractivity contribution in [1.29, 1.82) is 0 Å². The number of aromatic nitrogens is 2. The van der Waals surface area contributed by atoms with E-state index in [9.17, 15) is 8.42 Å². The summed E-state index contributed by atoms with van der Waals surface area (Å²) in [6, 6.07) is 0.181. The quantitative estimate of drug-likeness (QED) is 0.681. The van der Waals surface area contributed by atoms with Crippen LogP contribution in [0.1, 0.15) is 50.9 Å². The van der Waals surface area contributed by atoms with Crippen LogP contribution in [0.4, 0.5) is 0 Å². The van der Waals surface area contributed by atoms with Gasteiger partial charge in [0.25, 0.3) is 0 Å². The molecule has 0 aliphatic heterocycles. The number of aryl methyl sites for hydroxylation is 1. The number of sulfonamides is 1. The Kier molecular flexibility index (Phi) is 5.40. The van der Waals surface area contributed by atoms with Gasteiger partial charge in [-0.15, -0.1) is 0 Å². The van der Waals surface area contributed by atoms with Gasteiger partial charge in [-0.2, -0.15) is 9.40 Å². The monoisotopic (exact) mass is 314 g/mol. The highest BCUT2D eigenvalue weighted by Gasteiger charge is 2.39. The molecule has 0 spiro atoms. The third kappa shape index (κ3) is 3.64. The minimum absolute atomic E-state index is 0.181. The van der Waals surface area contributed by atoms with Crippen LogP contribution in [-0.4, -0.2) is 42.1 Å². The molecule has 0 saturated heterocycles. The Morgan fingerprint density at radius 1 is 1.33 bits per heavy atom. The highest BCUT2D eigenvalue weighted by Crippen LogP contribution is 2.33. The maximum absolute atomic E-state index is 13.0. The summed E-state index contributed by atoms with van der Waals surface area (Å²) in [5.74, 6) is 0. The fourth-order valence-corrected chi connectivity index (χ4v) is 4.62. The summed E-state index contributed by atoms with van der Waals surface area (Å²) in [7, 11) is -3.46. The molecule has 120 valence electrons. The fourth-order valence-electron chi connectivity index (χ4n) is 2.51. The van der Waals surface area contributed by atoms with Crippen molar-refractivity contribution in [2.75, 3.05) is 13.1 Å². The first kappa shape index (κ1) is 16.5. The van der Waals surface area contributed by atoms with E-state index in [1.165, 1.54) is 0 Å². The summed E-state index contributed by atoms with van der Waals surface area (Å²) in [5, 5.41) is 10.2. The normalized spacial score (nSPS) is 15.8. The first-order valence-corrected chi connectivity index (χ1v) is 9.22. The Hall–Kier alpha value is -0.920. The van der Waals surface area contributed by atoms with Crippen LogP contribution in [0.5, 0.6) is 0 Å². The van der Waals surface area contributed by atoms with Crippen molar-refractivity contribution in [2.24, 2.45) is 0 Å². The van der Waals surface area contributed by atoms with Gasteiger partial charge in [0.1, 0.15) is 4.90 Å². The van der Waals surface area contributed by atoms with Gasteiger partial charge >= 0.3 is 0 Å². The van der Waals surface area contributed by atoms with Crippen molar-refractivity contribution in [2.45, 2.75) is 63.9 Å². The molecule has 1 heterocycles. The zero-order valence-corrected chi connectivity index (χ0v) is 14.0. The summed E-state index contributed by atoms with van der Waals surface area (Å²) in [4.78, 5) is 0.367.